The van der Waals surface area contributed by atoms with Gasteiger partial charge in [0.2, 0.25) is 11.8 Å². The van der Waals surface area contributed by atoms with Crippen molar-refractivity contribution in [3.05, 3.63) is 40.3 Å². The van der Waals surface area contributed by atoms with E-state index in [0.717, 1.165) is 52.8 Å². The first-order chi connectivity index (χ1) is 15.1. The van der Waals surface area contributed by atoms with E-state index in [2.05, 4.69) is 15.5 Å². The summed E-state index contributed by atoms with van der Waals surface area (Å²) in [6.45, 7) is 2.52. The van der Waals surface area contributed by atoms with Crippen LogP contribution in [0, 0.1) is 0 Å². The van der Waals surface area contributed by atoms with Crippen molar-refractivity contribution >= 4 is 40.0 Å². The number of aryl methyl sites for hydroxylation is 1. The Morgan fingerprint density at radius 1 is 1.23 bits per heavy atom. The molecule has 0 radical (unpaired) electrons. The number of rotatable bonds is 8. The summed E-state index contributed by atoms with van der Waals surface area (Å²) in [5, 5.41) is 11.7. The Balaban J connectivity index is 1.37. The smallest absolute Gasteiger partial charge is 0.341 e. The predicted molar refractivity (Wildman–Crippen MR) is 118 cm³/mol. The fraction of sp³-hybridized carbons (Fsp3) is 0.333. The molecule has 0 bridgehead atoms. The van der Waals surface area contributed by atoms with Crippen molar-refractivity contribution in [2.75, 3.05) is 24.8 Å². The van der Waals surface area contributed by atoms with Crippen LogP contribution >= 0.6 is 23.1 Å². The average molecular weight is 460 g/mol. The normalized spacial score (nSPS) is 12.5. The summed E-state index contributed by atoms with van der Waals surface area (Å²) < 4.78 is 16.0. The molecule has 0 fully saturated rings. The molecule has 8 nitrogen and oxygen atoms in total. The SMILES string of the molecule is CCOc1ccc(-c2nnc(SCC(=O)Nc3sc4c(c3C(=O)OC)CCC4)o2)cc1. The van der Waals surface area contributed by atoms with Gasteiger partial charge in [-0.25, -0.2) is 4.79 Å². The highest BCUT2D eigenvalue weighted by atomic mass is 32.2. The fourth-order valence-electron chi connectivity index (χ4n) is 3.35. The zero-order chi connectivity index (χ0) is 21.8. The van der Waals surface area contributed by atoms with Crippen LogP contribution in [0.4, 0.5) is 5.00 Å². The number of ether oxygens (including phenoxy) is 2. The van der Waals surface area contributed by atoms with Gasteiger partial charge < -0.3 is 19.2 Å². The molecule has 1 amide bonds. The largest absolute Gasteiger partial charge is 0.494 e. The standard InChI is InChI=1S/C21H21N3O5S2/c1-3-28-13-9-7-12(8-10-13)18-23-24-21(29-18)30-11-16(25)22-19-17(20(26)27-2)14-5-4-6-15(14)31-19/h7-10H,3-6,11H2,1-2H3,(H,22,25). The maximum absolute atomic E-state index is 12.5. The molecule has 3 aromatic rings. The van der Waals surface area contributed by atoms with E-state index < -0.39 is 5.97 Å². The summed E-state index contributed by atoms with van der Waals surface area (Å²) in [5.74, 6) is 0.542. The van der Waals surface area contributed by atoms with Crippen LogP contribution < -0.4 is 10.1 Å². The van der Waals surface area contributed by atoms with Crippen LogP contribution in [0.25, 0.3) is 11.5 Å². The quantitative estimate of drug-likeness (QED) is 0.395. The van der Waals surface area contributed by atoms with Crippen LogP contribution in [-0.4, -0.2) is 41.5 Å². The lowest BCUT2D eigenvalue weighted by Crippen LogP contribution is -2.16. The molecule has 0 aliphatic heterocycles. The van der Waals surface area contributed by atoms with Crippen molar-refractivity contribution in [3.63, 3.8) is 0 Å². The molecule has 0 spiro atoms. The van der Waals surface area contributed by atoms with Crippen LogP contribution in [0.3, 0.4) is 0 Å². The van der Waals surface area contributed by atoms with Gasteiger partial charge in [-0.1, -0.05) is 11.8 Å². The van der Waals surface area contributed by atoms with Crippen molar-refractivity contribution in [3.8, 4) is 17.2 Å². The Morgan fingerprint density at radius 3 is 2.77 bits per heavy atom. The second-order valence-electron chi connectivity index (χ2n) is 6.72. The number of thioether (sulfide) groups is 1. The number of hydrogen-bond donors (Lipinski definition) is 1. The minimum absolute atomic E-state index is 0.0775. The molecule has 2 aromatic heterocycles. The number of carbonyl (C=O) groups is 2. The Bertz CT molecular complexity index is 1090. The lowest BCUT2D eigenvalue weighted by molar-refractivity contribution is -0.113. The highest BCUT2D eigenvalue weighted by Crippen LogP contribution is 2.39. The monoisotopic (exact) mass is 459 g/mol. The number of hydrogen-bond acceptors (Lipinski definition) is 9. The molecular weight excluding hydrogens is 438 g/mol. The number of esters is 1. The summed E-state index contributed by atoms with van der Waals surface area (Å²) in [6.07, 6.45) is 2.77. The highest BCUT2D eigenvalue weighted by molar-refractivity contribution is 7.99. The Hall–Kier alpha value is -2.85. The predicted octanol–water partition coefficient (Wildman–Crippen LogP) is 4.20. The van der Waals surface area contributed by atoms with E-state index >= 15 is 0 Å². The van der Waals surface area contributed by atoms with E-state index in [1.807, 2.05) is 31.2 Å². The van der Waals surface area contributed by atoms with Gasteiger partial charge in [-0.15, -0.1) is 21.5 Å². The summed E-state index contributed by atoms with van der Waals surface area (Å²) in [4.78, 5) is 25.8. The van der Waals surface area contributed by atoms with Gasteiger partial charge >= 0.3 is 5.97 Å². The van der Waals surface area contributed by atoms with Crippen molar-refractivity contribution in [1.29, 1.82) is 0 Å². The molecule has 162 valence electrons. The number of thiophene rings is 1. The van der Waals surface area contributed by atoms with Gasteiger partial charge in [0.1, 0.15) is 10.8 Å². The summed E-state index contributed by atoms with van der Waals surface area (Å²) >= 11 is 2.58. The maximum atomic E-state index is 12.5. The lowest BCUT2D eigenvalue weighted by atomic mass is 10.1. The van der Waals surface area contributed by atoms with E-state index in [1.165, 1.54) is 18.4 Å². The Labute approximate surface area is 187 Å². The van der Waals surface area contributed by atoms with Gasteiger partial charge in [-0.2, -0.15) is 0 Å². The summed E-state index contributed by atoms with van der Waals surface area (Å²) in [5.41, 5.74) is 2.24. The van der Waals surface area contributed by atoms with Crippen molar-refractivity contribution in [1.82, 2.24) is 10.2 Å². The van der Waals surface area contributed by atoms with Crippen molar-refractivity contribution in [2.24, 2.45) is 0 Å². The van der Waals surface area contributed by atoms with E-state index in [9.17, 15) is 9.59 Å². The maximum Gasteiger partial charge on any atom is 0.341 e. The van der Waals surface area contributed by atoms with Crippen molar-refractivity contribution < 1.29 is 23.5 Å². The van der Waals surface area contributed by atoms with Gasteiger partial charge in [0, 0.05) is 10.4 Å². The second kappa shape index (κ2) is 9.52. The first-order valence-electron chi connectivity index (χ1n) is 9.81. The number of methoxy groups -OCH3 is 1. The van der Waals surface area contributed by atoms with Crippen LogP contribution in [0.1, 0.15) is 34.1 Å². The van der Waals surface area contributed by atoms with Gasteiger partial charge in [0.25, 0.3) is 5.22 Å². The molecule has 10 heteroatoms. The lowest BCUT2D eigenvalue weighted by Gasteiger charge is -2.06. The van der Waals surface area contributed by atoms with E-state index in [4.69, 9.17) is 13.9 Å². The highest BCUT2D eigenvalue weighted by Gasteiger charge is 2.28. The summed E-state index contributed by atoms with van der Waals surface area (Å²) in [7, 11) is 1.35. The van der Waals surface area contributed by atoms with Crippen LogP contribution in [0.5, 0.6) is 5.75 Å². The zero-order valence-corrected chi connectivity index (χ0v) is 18.7. The number of benzene rings is 1. The van der Waals surface area contributed by atoms with E-state index in [0.29, 0.717) is 28.3 Å². The molecular formula is C21H21N3O5S2. The minimum Gasteiger partial charge on any atom is -0.494 e. The molecule has 31 heavy (non-hydrogen) atoms. The third-order valence-corrected chi connectivity index (χ3v) is 6.73. The topological polar surface area (TPSA) is 104 Å². The Morgan fingerprint density at radius 2 is 2.03 bits per heavy atom. The molecule has 2 heterocycles. The van der Waals surface area contributed by atoms with E-state index in [1.54, 1.807) is 0 Å². The molecule has 1 aliphatic rings. The van der Waals surface area contributed by atoms with Gasteiger partial charge in [-0.05, 0) is 56.0 Å². The number of carbonyl (C=O) groups excluding carboxylic acids is 2. The first-order valence-corrected chi connectivity index (χ1v) is 11.6. The molecule has 0 saturated carbocycles. The Kier molecular flexibility index (Phi) is 6.57. The van der Waals surface area contributed by atoms with Crippen LogP contribution in [-0.2, 0) is 22.4 Å². The number of anilines is 1. The number of amides is 1. The minimum atomic E-state index is -0.417. The fourth-order valence-corrected chi connectivity index (χ4v) is 5.20. The first kappa shape index (κ1) is 21.4. The van der Waals surface area contributed by atoms with Gasteiger partial charge in [-0.3, -0.25) is 4.79 Å². The molecule has 1 N–H and O–H groups in total. The second-order valence-corrected chi connectivity index (χ2v) is 8.75. The number of nitrogens with zero attached hydrogens (tertiary/aromatic N) is 2. The van der Waals surface area contributed by atoms with Crippen LogP contribution in [0.2, 0.25) is 0 Å². The molecule has 1 aliphatic carbocycles. The zero-order valence-electron chi connectivity index (χ0n) is 17.1. The number of nitrogens with one attached hydrogen (secondary N) is 1. The molecule has 1 aromatic carbocycles. The summed E-state index contributed by atoms with van der Waals surface area (Å²) in [6, 6.07) is 7.34. The molecule has 0 unspecified atom stereocenters. The number of fused-ring (bicyclic) bond motifs is 1. The molecule has 0 saturated heterocycles. The van der Waals surface area contributed by atoms with Crippen molar-refractivity contribution in [2.45, 2.75) is 31.4 Å². The number of aromatic nitrogens is 2. The van der Waals surface area contributed by atoms with E-state index in [-0.39, 0.29) is 11.7 Å². The van der Waals surface area contributed by atoms with Crippen LogP contribution in [0.15, 0.2) is 33.9 Å². The van der Waals surface area contributed by atoms with Gasteiger partial charge in [0.05, 0.1) is 25.0 Å². The molecule has 4 rings (SSSR count). The van der Waals surface area contributed by atoms with Gasteiger partial charge in [0.15, 0.2) is 0 Å². The average Bonchev–Trinajstić information content (AvgIpc) is 3.49. The molecule has 0 atom stereocenters. The third kappa shape index (κ3) is 4.75. The third-order valence-electron chi connectivity index (χ3n) is 4.71.